The van der Waals surface area contributed by atoms with Crippen LogP contribution in [0.4, 0.5) is 4.79 Å². The Balaban J connectivity index is 2.02. The van der Waals surface area contributed by atoms with Crippen LogP contribution in [0, 0.1) is 5.41 Å². The highest BCUT2D eigenvalue weighted by molar-refractivity contribution is 6.03. The molecule has 0 atom stereocenters. The second-order valence-electron chi connectivity index (χ2n) is 5.32. The Kier molecular flexibility index (Phi) is 4.02. The molecule has 0 fully saturated rings. The van der Waals surface area contributed by atoms with E-state index in [1.54, 1.807) is 45.2 Å². The summed E-state index contributed by atoms with van der Waals surface area (Å²) >= 11 is 0. The fourth-order valence-corrected chi connectivity index (χ4v) is 1.52. The molecule has 0 saturated heterocycles. The molecule has 0 aromatic carbocycles. The average Bonchev–Trinajstić information content (AvgIpc) is 2.90. The predicted molar refractivity (Wildman–Crippen MR) is 75.9 cm³/mol. The lowest BCUT2D eigenvalue weighted by Gasteiger charge is -2.19. The highest BCUT2D eigenvalue weighted by Gasteiger charge is 2.17. The standard InChI is InChI=1S/C14H16N4O3/c1-14(2,3)21-13(19)17-12(15)11-5-4-9(8-16-11)10-6-7-20-18-10/h4-8H,1-3H3,(H2,15,17,19). The first-order valence-electron chi connectivity index (χ1n) is 6.31. The smallest absolute Gasteiger partial charge is 0.413 e. The quantitative estimate of drug-likeness (QED) is 0.653. The molecular formula is C14H16N4O3. The van der Waals surface area contributed by atoms with Gasteiger partial charge in [-0.05, 0) is 32.9 Å². The topological polar surface area (TPSA) is 101 Å². The number of amidine groups is 1. The molecule has 1 amide bonds. The van der Waals surface area contributed by atoms with Crippen LogP contribution in [0.15, 0.2) is 35.2 Å². The molecule has 0 radical (unpaired) electrons. The molecular weight excluding hydrogens is 272 g/mol. The number of rotatable bonds is 2. The highest BCUT2D eigenvalue weighted by atomic mass is 16.6. The molecule has 7 heteroatoms. The first-order chi connectivity index (χ1) is 9.85. The van der Waals surface area contributed by atoms with E-state index in [1.807, 2.05) is 0 Å². The first kappa shape index (κ1) is 14.7. The normalized spacial score (nSPS) is 11.0. The number of hydrogen-bond acceptors (Lipinski definition) is 6. The predicted octanol–water partition coefficient (Wildman–Crippen LogP) is 2.59. The molecule has 2 rings (SSSR count). The molecule has 0 aliphatic rings. The number of aromatic nitrogens is 2. The van der Waals surface area contributed by atoms with Gasteiger partial charge in [0.1, 0.15) is 23.3 Å². The van der Waals surface area contributed by atoms with Crippen molar-refractivity contribution in [2.24, 2.45) is 0 Å². The van der Waals surface area contributed by atoms with Gasteiger partial charge in [0.05, 0.1) is 0 Å². The minimum Gasteiger partial charge on any atom is -0.444 e. The van der Waals surface area contributed by atoms with Gasteiger partial charge in [-0.25, -0.2) is 4.79 Å². The number of nitrogens with one attached hydrogen (secondary N) is 2. The fraction of sp³-hybridized carbons (Fsp3) is 0.286. The number of amides is 1. The van der Waals surface area contributed by atoms with E-state index in [0.717, 1.165) is 5.56 Å². The van der Waals surface area contributed by atoms with Crippen molar-refractivity contribution in [2.75, 3.05) is 0 Å². The lowest BCUT2D eigenvalue weighted by molar-refractivity contribution is 0.0563. The molecule has 0 unspecified atom stereocenters. The van der Waals surface area contributed by atoms with E-state index in [2.05, 4.69) is 15.5 Å². The van der Waals surface area contributed by atoms with Crippen molar-refractivity contribution >= 4 is 11.9 Å². The second kappa shape index (κ2) is 5.74. The van der Waals surface area contributed by atoms with Gasteiger partial charge in [-0.3, -0.25) is 15.7 Å². The van der Waals surface area contributed by atoms with Gasteiger partial charge in [0.2, 0.25) is 0 Å². The van der Waals surface area contributed by atoms with Crippen LogP contribution in [-0.4, -0.2) is 27.7 Å². The lowest BCUT2D eigenvalue weighted by Crippen LogP contribution is -2.36. The van der Waals surface area contributed by atoms with Crippen LogP contribution in [0.3, 0.4) is 0 Å². The lowest BCUT2D eigenvalue weighted by atomic mass is 10.2. The summed E-state index contributed by atoms with van der Waals surface area (Å²) in [5.74, 6) is -0.129. The van der Waals surface area contributed by atoms with Gasteiger partial charge in [0.25, 0.3) is 0 Å². The van der Waals surface area contributed by atoms with E-state index < -0.39 is 11.7 Å². The minimum absolute atomic E-state index is 0.129. The van der Waals surface area contributed by atoms with Crippen molar-refractivity contribution in [1.29, 1.82) is 5.41 Å². The van der Waals surface area contributed by atoms with E-state index >= 15 is 0 Å². The third-order valence-corrected chi connectivity index (χ3v) is 2.38. The number of pyridine rings is 1. The van der Waals surface area contributed by atoms with Crippen molar-refractivity contribution in [3.8, 4) is 11.3 Å². The van der Waals surface area contributed by atoms with Crippen LogP contribution >= 0.6 is 0 Å². The molecule has 2 aromatic heterocycles. The molecule has 2 aromatic rings. The Morgan fingerprint density at radius 2 is 2.10 bits per heavy atom. The van der Waals surface area contributed by atoms with E-state index in [9.17, 15) is 4.79 Å². The van der Waals surface area contributed by atoms with Crippen molar-refractivity contribution in [3.63, 3.8) is 0 Å². The summed E-state index contributed by atoms with van der Waals surface area (Å²) in [5, 5.41) is 13.9. The molecule has 7 nitrogen and oxygen atoms in total. The third-order valence-electron chi connectivity index (χ3n) is 2.38. The van der Waals surface area contributed by atoms with E-state index in [0.29, 0.717) is 11.4 Å². The Bertz CT molecular complexity index is 627. The molecule has 0 aliphatic carbocycles. The maximum atomic E-state index is 11.6. The molecule has 2 heterocycles. The SMILES string of the molecule is CC(C)(C)OC(=O)NC(=N)c1ccc(-c2ccon2)cn1. The molecule has 0 saturated carbocycles. The van der Waals surface area contributed by atoms with Crippen LogP contribution in [-0.2, 0) is 4.74 Å². The third kappa shape index (κ3) is 4.13. The molecule has 21 heavy (non-hydrogen) atoms. The van der Waals surface area contributed by atoms with Gasteiger partial charge in [0.15, 0.2) is 5.84 Å². The van der Waals surface area contributed by atoms with Gasteiger partial charge in [-0.15, -0.1) is 0 Å². The summed E-state index contributed by atoms with van der Waals surface area (Å²) in [6.07, 6.45) is 2.34. The summed E-state index contributed by atoms with van der Waals surface area (Å²) in [7, 11) is 0. The molecule has 0 aliphatic heterocycles. The maximum absolute atomic E-state index is 11.6. The highest BCUT2D eigenvalue weighted by Crippen LogP contribution is 2.15. The average molecular weight is 288 g/mol. The molecule has 2 N–H and O–H groups in total. The molecule has 0 spiro atoms. The summed E-state index contributed by atoms with van der Waals surface area (Å²) in [4.78, 5) is 15.7. The zero-order valence-corrected chi connectivity index (χ0v) is 12.0. The second-order valence-corrected chi connectivity index (χ2v) is 5.32. The Hall–Kier alpha value is -2.70. The number of alkyl carbamates (subject to hydrolysis) is 1. The maximum Gasteiger partial charge on any atom is 0.413 e. The number of hydrogen-bond donors (Lipinski definition) is 2. The van der Waals surface area contributed by atoms with Gasteiger partial charge in [-0.2, -0.15) is 0 Å². The number of carbonyl (C=O) groups excluding carboxylic acids is 1. The summed E-state index contributed by atoms with van der Waals surface area (Å²) in [6.45, 7) is 5.25. The Morgan fingerprint density at radius 1 is 1.33 bits per heavy atom. The van der Waals surface area contributed by atoms with E-state index in [1.165, 1.54) is 6.26 Å². The zero-order chi connectivity index (χ0) is 15.5. The fourth-order valence-electron chi connectivity index (χ4n) is 1.52. The van der Waals surface area contributed by atoms with Crippen LogP contribution in [0.2, 0.25) is 0 Å². The van der Waals surface area contributed by atoms with Gasteiger partial charge in [-0.1, -0.05) is 5.16 Å². The van der Waals surface area contributed by atoms with Crippen LogP contribution in [0.1, 0.15) is 26.5 Å². The molecule has 0 bridgehead atoms. The van der Waals surface area contributed by atoms with Crippen molar-refractivity contribution in [2.45, 2.75) is 26.4 Å². The first-order valence-corrected chi connectivity index (χ1v) is 6.31. The summed E-state index contributed by atoms with van der Waals surface area (Å²) in [5.41, 5.74) is 1.13. The Labute approximate surface area is 121 Å². The van der Waals surface area contributed by atoms with Crippen molar-refractivity contribution < 1.29 is 14.1 Å². The molecule has 110 valence electrons. The summed E-state index contributed by atoms with van der Waals surface area (Å²) < 4.78 is 9.82. The van der Waals surface area contributed by atoms with Crippen LogP contribution < -0.4 is 5.32 Å². The van der Waals surface area contributed by atoms with Crippen LogP contribution in [0.25, 0.3) is 11.3 Å². The number of carbonyl (C=O) groups is 1. The zero-order valence-electron chi connectivity index (χ0n) is 12.0. The van der Waals surface area contributed by atoms with E-state index in [-0.39, 0.29) is 5.84 Å². The summed E-state index contributed by atoms with van der Waals surface area (Å²) in [6, 6.07) is 5.07. The Morgan fingerprint density at radius 3 is 2.62 bits per heavy atom. The largest absolute Gasteiger partial charge is 0.444 e. The van der Waals surface area contributed by atoms with Crippen LogP contribution in [0.5, 0.6) is 0 Å². The number of nitrogens with zero attached hydrogens (tertiary/aromatic N) is 2. The van der Waals surface area contributed by atoms with Gasteiger partial charge < -0.3 is 9.26 Å². The van der Waals surface area contributed by atoms with Crippen molar-refractivity contribution in [1.82, 2.24) is 15.5 Å². The van der Waals surface area contributed by atoms with Gasteiger partial charge >= 0.3 is 6.09 Å². The monoisotopic (exact) mass is 288 g/mol. The van der Waals surface area contributed by atoms with E-state index in [4.69, 9.17) is 14.7 Å². The number of ether oxygens (including phenoxy) is 1. The van der Waals surface area contributed by atoms with Gasteiger partial charge in [0, 0.05) is 17.8 Å². The minimum atomic E-state index is -0.685. The van der Waals surface area contributed by atoms with Crippen molar-refractivity contribution in [3.05, 3.63) is 36.4 Å².